The SMILES string of the molecule is N#C/C(=C\N1CCOCC1)C(=O)Nc1ccccc1. The van der Waals surface area contributed by atoms with Crippen LogP contribution in [0.25, 0.3) is 0 Å². The quantitative estimate of drug-likeness (QED) is 0.656. The van der Waals surface area contributed by atoms with E-state index in [9.17, 15) is 4.79 Å². The fourth-order valence-corrected chi connectivity index (χ4v) is 1.75. The van der Waals surface area contributed by atoms with E-state index >= 15 is 0 Å². The Bertz CT molecular complexity index is 499. The summed E-state index contributed by atoms with van der Waals surface area (Å²) in [6.07, 6.45) is 1.60. The van der Waals surface area contributed by atoms with Crippen LogP contribution in [-0.2, 0) is 9.53 Å². The van der Waals surface area contributed by atoms with Crippen LogP contribution >= 0.6 is 0 Å². The van der Waals surface area contributed by atoms with E-state index in [1.807, 2.05) is 29.2 Å². The van der Waals surface area contributed by atoms with Gasteiger partial charge in [0.25, 0.3) is 5.91 Å². The zero-order valence-corrected chi connectivity index (χ0v) is 10.5. The second kappa shape index (κ2) is 6.57. The molecule has 0 spiro atoms. The lowest BCUT2D eigenvalue weighted by atomic mass is 10.2. The Morgan fingerprint density at radius 1 is 1.32 bits per heavy atom. The van der Waals surface area contributed by atoms with Gasteiger partial charge in [-0.3, -0.25) is 4.79 Å². The van der Waals surface area contributed by atoms with Gasteiger partial charge >= 0.3 is 0 Å². The summed E-state index contributed by atoms with van der Waals surface area (Å²) in [5, 5.41) is 11.8. The number of nitrogens with zero attached hydrogens (tertiary/aromatic N) is 2. The maximum Gasteiger partial charge on any atom is 0.267 e. The highest BCUT2D eigenvalue weighted by atomic mass is 16.5. The van der Waals surface area contributed by atoms with Gasteiger partial charge in [-0.15, -0.1) is 0 Å². The number of para-hydroxylation sites is 1. The molecule has 0 atom stereocenters. The smallest absolute Gasteiger partial charge is 0.267 e. The van der Waals surface area contributed by atoms with E-state index < -0.39 is 0 Å². The Labute approximate surface area is 112 Å². The molecular weight excluding hydrogens is 242 g/mol. The maximum absolute atomic E-state index is 12.0. The predicted molar refractivity (Wildman–Crippen MR) is 71.2 cm³/mol. The molecule has 1 fully saturated rings. The minimum absolute atomic E-state index is 0.103. The minimum Gasteiger partial charge on any atom is -0.378 e. The third-order valence-electron chi connectivity index (χ3n) is 2.75. The lowest BCUT2D eigenvalue weighted by Crippen LogP contribution is -2.33. The van der Waals surface area contributed by atoms with E-state index in [0.29, 0.717) is 32.0 Å². The van der Waals surface area contributed by atoms with Crippen LogP contribution in [0, 0.1) is 11.3 Å². The van der Waals surface area contributed by atoms with Gasteiger partial charge in [-0.1, -0.05) is 18.2 Å². The van der Waals surface area contributed by atoms with E-state index in [0.717, 1.165) is 0 Å². The molecule has 1 aliphatic heterocycles. The second-order valence-electron chi connectivity index (χ2n) is 4.12. The summed E-state index contributed by atoms with van der Waals surface area (Å²) < 4.78 is 5.22. The molecular formula is C14H15N3O2. The van der Waals surface area contributed by atoms with Crippen LogP contribution in [0.4, 0.5) is 5.69 Å². The van der Waals surface area contributed by atoms with Crippen molar-refractivity contribution >= 4 is 11.6 Å². The number of carbonyl (C=O) groups excluding carboxylic acids is 1. The number of hydrogen-bond acceptors (Lipinski definition) is 4. The predicted octanol–water partition coefficient (Wildman–Crippen LogP) is 1.36. The number of amides is 1. The molecule has 1 aliphatic rings. The number of carbonyl (C=O) groups is 1. The van der Waals surface area contributed by atoms with Crippen molar-refractivity contribution in [2.75, 3.05) is 31.6 Å². The second-order valence-corrected chi connectivity index (χ2v) is 4.12. The summed E-state index contributed by atoms with van der Waals surface area (Å²) in [5.41, 5.74) is 0.779. The van der Waals surface area contributed by atoms with Gasteiger partial charge in [-0.05, 0) is 12.1 Å². The number of rotatable bonds is 3. The molecule has 5 nitrogen and oxygen atoms in total. The van der Waals surface area contributed by atoms with Crippen LogP contribution < -0.4 is 5.32 Å². The molecule has 0 unspecified atom stereocenters. The lowest BCUT2D eigenvalue weighted by Gasteiger charge is -2.25. The summed E-state index contributed by atoms with van der Waals surface area (Å²) in [4.78, 5) is 13.9. The third kappa shape index (κ3) is 3.83. The van der Waals surface area contributed by atoms with Crippen LogP contribution in [0.2, 0.25) is 0 Å². The van der Waals surface area contributed by atoms with Gasteiger partial charge in [0.05, 0.1) is 13.2 Å². The zero-order chi connectivity index (χ0) is 13.5. The number of morpholine rings is 1. The highest BCUT2D eigenvalue weighted by Gasteiger charge is 2.13. The Morgan fingerprint density at radius 3 is 2.63 bits per heavy atom. The molecule has 1 N–H and O–H groups in total. The van der Waals surface area contributed by atoms with Gasteiger partial charge in [0.15, 0.2) is 0 Å². The maximum atomic E-state index is 12.0. The van der Waals surface area contributed by atoms with E-state index in [1.165, 1.54) is 0 Å². The van der Waals surface area contributed by atoms with Gasteiger partial charge in [-0.25, -0.2) is 0 Å². The van der Waals surface area contributed by atoms with Crippen molar-refractivity contribution in [3.63, 3.8) is 0 Å². The van der Waals surface area contributed by atoms with Crippen LogP contribution in [0.1, 0.15) is 0 Å². The largest absolute Gasteiger partial charge is 0.378 e. The summed E-state index contributed by atoms with van der Waals surface area (Å²) in [7, 11) is 0. The molecule has 5 heteroatoms. The Hall–Kier alpha value is -2.32. The van der Waals surface area contributed by atoms with E-state index in [1.54, 1.807) is 18.3 Å². The number of hydrogen-bond donors (Lipinski definition) is 1. The van der Waals surface area contributed by atoms with Crippen LogP contribution in [0.5, 0.6) is 0 Å². The average Bonchev–Trinajstić information content (AvgIpc) is 2.47. The van der Waals surface area contributed by atoms with Crippen molar-refractivity contribution < 1.29 is 9.53 Å². The molecule has 0 bridgehead atoms. The first kappa shape index (κ1) is 13.1. The normalized spacial score (nSPS) is 15.7. The van der Waals surface area contributed by atoms with Crippen LogP contribution in [-0.4, -0.2) is 37.1 Å². The number of anilines is 1. The van der Waals surface area contributed by atoms with Crippen LogP contribution in [0.3, 0.4) is 0 Å². The summed E-state index contributed by atoms with van der Waals surface area (Å²) in [6.45, 7) is 2.64. The summed E-state index contributed by atoms with van der Waals surface area (Å²) >= 11 is 0. The number of ether oxygens (including phenoxy) is 1. The Balaban J connectivity index is 2.03. The first-order chi connectivity index (χ1) is 9.29. The number of nitrogens with one attached hydrogen (secondary N) is 1. The van der Waals surface area contributed by atoms with Crippen molar-refractivity contribution in [1.82, 2.24) is 4.90 Å². The zero-order valence-electron chi connectivity index (χ0n) is 10.5. The Kier molecular flexibility index (Phi) is 4.54. The highest BCUT2D eigenvalue weighted by molar-refractivity contribution is 6.06. The molecule has 98 valence electrons. The topological polar surface area (TPSA) is 65.4 Å². The molecule has 1 amide bonds. The van der Waals surface area contributed by atoms with Crippen molar-refractivity contribution in [2.24, 2.45) is 0 Å². The molecule has 2 rings (SSSR count). The highest BCUT2D eigenvalue weighted by Crippen LogP contribution is 2.08. The number of benzene rings is 1. The Morgan fingerprint density at radius 2 is 2.00 bits per heavy atom. The van der Waals surface area contributed by atoms with E-state index in [-0.39, 0.29) is 11.5 Å². The third-order valence-corrected chi connectivity index (χ3v) is 2.75. The monoisotopic (exact) mass is 257 g/mol. The van der Waals surface area contributed by atoms with Gasteiger partial charge in [-0.2, -0.15) is 5.26 Å². The fourth-order valence-electron chi connectivity index (χ4n) is 1.75. The van der Waals surface area contributed by atoms with E-state index in [2.05, 4.69) is 5.32 Å². The van der Waals surface area contributed by atoms with Crippen molar-refractivity contribution in [1.29, 1.82) is 5.26 Å². The standard InChI is InChI=1S/C14H15N3O2/c15-10-12(11-17-6-8-19-9-7-17)14(18)16-13-4-2-1-3-5-13/h1-5,11H,6-9H2,(H,16,18)/b12-11+. The first-order valence-corrected chi connectivity index (χ1v) is 6.10. The van der Waals surface area contributed by atoms with Gasteiger partial charge in [0, 0.05) is 25.0 Å². The molecule has 1 aromatic carbocycles. The average molecular weight is 257 g/mol. The van der Waals surface area contributed by atoms with E-state index in [4.69, 9.17) is 10.00 Å². The molecule has 0 aliphatic carbocycles. The van der Waals surface area contributed by atoms with Crippen molar-refractivity contribution in [2.45, 2.75) is 0 Å². The summed E-state index contributed by atoms with van der Waals surface area (Å²) in [5.74, 6) is -0.389. The molecule has 0 aromatic heterocycles. The minimum atomic E-state index is -0.389. The lowest BCUT2D eigenvalue weighted by molar-refractivity contribution is -0.112. The van der Waals surface area contributed by atoms with Crippen LogP contribution in [0.15, 0.2) is 42.1 Å². The molecule has 0 radical (unpaired) electrons. The van der Waals surface area contributed by atoms with Gasteiger partial charge < -0.3 is 15.0 Å². The van der Waals surface area contributed by atoms with Crippen molar-refractivity contribution in [3.05, 3.63) is 42.1 Å². The first-order valence-electron chi connectivity index (χ1n) is 6.10. The van der Waals surface area contributed by atoms with Crippen molar-refractivity contribution in [3.8, 4) is 6.07 Å². The molecule has 1 heterocycles. The molecule has 1 saturated heterocycles. The fraction of sp³-hybridized carbons (Fsp3) is 0.286. The van der Waals surface area contributed by atoms with Gasteiger partial charge in [0.1, 0.15) is 11.6 Å². The molecule has 19 heavy (non-hydrogen) atoms. The molecule has 1 aromatic rings. The number of nitriles is 1. The summed E-state index contributed by atoms with van der Waals surface area (Å²) in [6, 6.07) is 11.0. The molecule has 0 saturated carbocycles. The van der Waals surface area contributed by atoms with Gasteiger partial charge in [0.2, 0.25) is 0 Å².